The summed E-state index contributed by atoms with van der Waals surface area (Å²) in [6, 6.07) is 13.8. The van der Waals surface area contributed by atoms with Crippen LogP contribution in [0.1, 0.15) is 40.5 Å². The number of methoxy groups -OCH3 is 1. The molecule has 7 nitrogen and oxygen atoms in total. The highest BCUT2D eigenvalue weighted by atomic mass is 32.1. The molecule has 2 aromatic heterocycles. The Balaban J connectivity index is 1.24. The molecule has 0 aliphatic carbocycles. The van der Waals surface area contributed by atoms with Crippen LogP contribution in [0.15, 0.2) is 54.9 Å². The number of likely N-dealkylation sites (tertiary alicyclic amines) is 1. The second-order valence-corrected chi connectivity index (χ2v) is 8.57. The Labute approximate surface area is 184 Å². The molecule has 0 bridgehead atoms. The van der Waals surface area contributed by atoms with Crippen molar-refractivity contribution in [2.45, 2.75) is 25.3 Å². The first-order chi connectivity index (χ1) is 15.2. The van der Waals surface area contributed by atoms with Gasteiger partial charge in [-0.05, 0) is 60.3 Å². The fraction of sp³-hybridized carbons (Fsp3) is 0.304. The first-order valence-electron chi connectivity index (χ1n) is 10.4. The molecule has 0 atom stereocenters. The molecule has 8 heteroatoms. The average Bonchev–Trinajstić information content (AvgIpc) is 3.48. The van der Waals surface area contributed by atoms with Gasteiger partial charge in [-0.15, -0.1) is 5.10 Å². The fourth-order valence-electron chi connectivity index (χ4n) is 4.18. The van der Waals surface area contributed by atoms with Gasteiger partial charge in [-0.3, -0.25) is 4.79 Å². The maximum absolute atomic E-state index is 13.0. The lowest BCUT2D eigenvalue weighted by Gasteiger charge is -2.32. The number of nitrogens with zero attached hydrogens (tertiary/aromatic N) is 5. The zero-order chi connectivity index (χ0) is 21.2. The Kier molecular flexibility index (Phi) is 5.38. The SMILES string of the molecule is COc1ccc(Cn2ccnc2C2CCN(C(=O)c3ccc4snnc4c3)CC2)cc1. The van der Waals surface area contributed by atoms with E-state index in [-0.39, 0.29) is 5.91 Å². The van der Waals surface area contributed by atoms with Gasteiger partial charge in [0.1, 0.15) is 17.1 Å². The van der Waals surface area contributed by atoms with Crippen molar-refractivity contribution in [1.82, 2.24) is 24.0 Å². The van der Waals surface area contributed by atoms with E-state index in [0.717, 1.165) is 54.3 Å². The minimum absolute atomic E-state index is 0.0647. The highest BCUT2D eigenvalue weighted by Gasteiger charge is 2.27. The van der Waals surface area contributed by atoms with Crippen LogP contribution in [-0.2, 0) is 6.54 Å². The molecule has 1 saturated heterocycles. The summed E-state index contributed by atoms with van der Waals surface area (Å²) in [5, 5.41) is 4.09. The maximum Gasteiger partial charge on any atom is 0.253 e. The number of carbonyl (C=O) groups is 1. The van der Waals surface area contributed by atoms with Crippen molar-refractivity contribution in [1.29, 1.82) is 0 Å². The highest BCUT2D eigenvalue weighted by molar-refractivity contribution is 7.12. The lowest BCUT2D eigenvalue weighted by Crippen LogP contribution is -2.38. The van der Waals surface area contributed by atoms with Gasteiger partial charge in [0, 0.05) is 43.5 Å². The number of hydrogen-bond donors (Lipinski definition) is 0. The van der Waals surface area contributed by atoms with Gasteiger partial charge < -0.3 is 14.2 Å². The van der Waals surface area contributed by atoms with Crippen LogP contribution in [0.2, 0.25) is 0 Å². The van der Waals surface area contributed by atoms with Gasteiger partial charge in [-0.2, -0.15) is 0 Å². The zero-order valence-electron chi connectivity index (χ0n) is 17.3. The Hall–Kier alpha value is -3.26. The largest absolute Gasteiger partial charge is 0.497 e. The monoisotopic (exact) mass is 433 g/mol. The Bertz CT molecular complexity index is 1190. The van der Waals surface area contributed by atoms with Crippen molar-refractivity contribution in [3.8, 4) is 5.75 Å². The van der Waals surface area contributed by atoms with Crippen LogP contribution in [0.25, 0.3) is 10.2 Å². The van der Waals surface area contributed by atoms with Gasteiger partial charge in [0.05, 0.1) is 11.8 Å². The number of imidazole rings is 1. The van der Waals surface area contributed by atoms with Crippen molar-refractivity contribution in [2.24, 2.45) is 0 Å². The molecule has 1 aliphatic rings. The Morgan fingerprint density at radius 1 is 1.16 bits per heavy atom. The molecule has 0 spiro atoms. The smallest absolute Gasteiger partial charge is 0.253 e. The van der Waals surface area contributed by atoms with Crippen LogP contribution < -0.4 is 4.74 Å². The van der Waals surface area contributed by atoms with E-state index in [9.17, 15) is 4.79 Å². The van der Waals surface area contributed by atoms with E-state index in [0.29, 0.717) is 11.5 Å². The second kappa shape index (κ2) is 8.47. The molecule has 2 aromatic carbocycles. The molecule has 1 fully saturated rings. The maximum atomic E-state index is 13.0. The van der Waals surface area contributed by atoms with Gasteiger partial charge in [-0.25, -0.2) is 4.98 Å². The van der Waals surface area contributed by atoms with Crippen LogP contribution in [0.5, 0.6) is 5.75 Å². The van der Waals surface area contributed by atoms with Crippen molar-refractivity contribution in [2.75, 3.05) is 20.2 Å². The number of benzene rings is 2. The van der Waals surface area contributed by atoms with Gasteiger partial charge in [-0.1, -0.05) is 16.6 Å². The molecule has 1 amide bonds. The molecular formula is C23H23N5O2S. The Morgan fingerprint density at radius 3 is 2.74 bits per heavy atom. The van der Waals surface area contributed by atoms with Gasteiger partial charge in [0.2, 0.25) is 0 Å². The van der Waals surface area contributed by atoms with Crippen molar-refractivity contribution < 1.29 is 9.53 Å². The summed E-state index contributed by atoms with van der Waals surface area (Å²) < 4.78 is 12.4. The number of piperidine rings is 1. The number of rotatable bonds is 5. The van der Waals surface area contributed by atoms with Crippen molar-refractivity contribution >= 4 is 27.7 Å². The topological polar surface area (TPSA) is 73.1 Å². The van der Waals surface area contributed by atoms with E-state index < -0.39 is 0 Å². The predicted molar refractivity (Wildman–Crippen MR) is 120 cm³/mol. The molecule has 0 saturated carbocycles. The minimum Gasteiger partial charge on any atom is -0.497 e. The number of hydrogen-bond acceptors (Lipinski definition) is 6. The summed E-state index contributed by atoms with van der Waals surface area (Å²) in [4.78, 5) is 19.6. The van der Waals surface area contributed by atoms with E-state index in [1.807, 2.05) is 47.6 Å². The Morgan fingerprint density at radius 2 is 1.97 bits per heavy atom. The van der Waals surface area contributed by atoms with E-state index >= 15 is 0 Å². The molecule has 31 heavy (non-hydrogen) atoms. The number of fused-ring (bicyclic) bond motifs is 1. The molecule has 1 aliphatic heterocycles. The molecule has 5 rings (SSSR count). The van der Waals surface area contributed by atoms with Crippen LogP contribution in [0.3, 0.4) is 0 Å². The average molecular weight is 434 g/mol. The minimum atomic E-state index is 0.0647. The fourth-order valence-corrected chi connectivity index (χ4v) is 4.72. The third kappa shape index (κ3) is 4.03. The van der Waals surface area contributed by atoms with Gasteiger partial charge in [0.25, 0.3) is 5.91 Å². The van der Waals surface area contributed by atoms with E-state index in [4.69, 9.17) is 4.74 Å². The first kappa shape index (κ1) is 19.7. The van der Waals surface area contributed by atoms with E-state index in [1.165, 1.54) is 17.1 Å². The highest BCUT2D eigenvalue weighted by Crippen LogP contribution is 2.29. The number of aromatic nitrogens is 4. The summed E-state index contributed by atoms with van der Waals surface area (Å²) in [6.45, 7) is 2.23. The van der Waals surface area contributed by atoms with Gasteiger partial charge in [0.15, 0.2) is 0 Å². The zero-order valence-corrected chi connectivity index (χ0v) is 18.1. The third-order valence-corrected chi connectivity index (χ3v) is 6.61. The number of ether oxygens (including phenoxy) is 1. The lowest BCUT2D eigenvalue weighted by molar-refractivity contribution is 0.0710. The number of carbonyl (C=O) groups excluding carboxylic acids is 1. The van der Waals surface area contributed by atoms with Crippen LogP contribution >= 0.6 is 11.5 Å². The summed E-state index contributed by atoms with van der Waals surface area (Å²) >= 11 is 1.34. The molecule has 4 aromatic rings. The molecule has 0 unspecified atom stereocenters. The van der Waals surface area contributed by atoms with Crippen LogP contribution in [0.4, 0.5) is 0 Å². The summed E-state index contributed by atoms with van der Waals surface area (Å²) in [5.74, 6) is 2.37. The first-order valence-corrected chi connectivity index (χ1v) is 11.1. The van der Waals surface area contributed by atoms with Crippen molar-refractivity contribution in [3.05, 3.63) is 71.8 Å². The van der Waals surface area contributed by atoms with Crippen LogP contribution in [-0.4, -0.2) is 50.1 Å². The van der Waals surface area contributed by atoms with E-state index in [2.05, 4.69) is 31.3 Å². The molecule has 0 radical (unpaired) electrons. The summed E-state index contributed by atoms with van der Waals surface area (Å²) in [7, 11) is 1.68. The van der Waals surface area contributed by atoms with Gasteiger partial charge >= 0.3 is 0 Å². The third-order valence-electron chi connectivity index (χ3n) is 5.90. The van der Waals surface area contributed by atoms with Crippen LogP contribution in [0, 0.1) is 0 Å². The predicted octanol–water partition coefficient (Wildman–Crippen LogP) is 3.96. The van der Waals surface area contributed by atoms with E-state index in [1.54, 1.807) is 7.11 Å². The number of amides is 1. The second-order valence-electron chi connectivity index (χ2n) is 7.78. The lowest BCUT2D eigenvalue weighted by atomic mass is 9.95. The standard InChI is InChI=1S/C23H23N5O2S/c1-30-19-5-2-16(3-6-19)15-28-13-10-24-22(28)17-8-11-27(12-9-17)23(29)18-4-7-21-20(14-18)25-26-31-21/h2-7,10,13-14,17H,8-9,11-12,15H2,1H3. The molecular weight excluding hydrogens is 410 g/mol. The molecule has 3 heterocycles. The summed E-state index contributed by atoms with van der Waals surface area (Å²) in [5.41, 5.74) is 2.67. The summed E-state index contributed by atoms with van der Waals surface area (Å²) in [6.07, 6.45) is 5.72. The molecule has 158 valence electrons. The molecule has 0 N–H and O–H groups in total. The normalized spacial score (nSPS) is 14.8. The quantitative estimate of drug-likeness (QED) is 0.476. The van der Waals surface area contributed by atoms with Crippen molar-refractivity contribution in [3.63, 3.8) is 0 Å².